The van der Waals surface area contributed by atoms with Crippen molar-refractivity contribution in [3.05, 3.63) is 22.6 Å². The van der Waals surface area contributed by atoms with Crippen molar-refractivity contribution in [1.82, 2.24) is 14.5 Å². The molecule has 0 saturated carbocycles. The topological polar surface area (TPSA) is 30.7 Å². The van der Waals surface area contributed by atoms with Crippen LogP contribution in [-0.4, -0.2) is 20.4 Å². The molecule has 0 unspecified atom stereocenters. The molecule has 3 nitrogen and oxygen atoms in total. The second kappa shape index (κ2) is 7.10. The van der Waals surface area contributed by atoms with Gasteiger partial charge in [-0.2, -0.15) is 0 Å². The molecule has 0 atom stereocenters. The Morgan fingerprint density at radius 2 is 1.90 bits per heavy atom. The lowest BCUT2D eigenvalue weighted by molar-refractivity contribution is 0.251. The van der Waals surface area contributed by atoms with Gasteiger partial charge in [-0.15, -0.1) is 11.6 Å². The molecule has 0 aromatic carbocycles. The van der Waals surface area contributed by atoms with Crippen LogP contribution in [0.5, 0.6) is 0 Å². The van der Waals surface area contributed by atoms with Gasteiger partial charge in [0.25, 0.3) is 0 Å². The van der Waals surface area contributed by atoms with Gasteiger partial charge in [-0.05, 0) is 39.8 Å². The zero-order valence-corrected chi connectivity index (χ0v) is 15.4. The SMILES string of the molecule is CC(C)C(Cn1c(CCCl)nc2cc(Br)cnc21)C(C)C. The van der Waals surface area contributed by atoms with E-state index in [4.69, 9.17) is 16.6 Å². The van der Waals surface area contributed by atoms with E-state index in [0.29, 0.717) is 23.6 Å². The maximum atomic E-state index is 5.95. The fourth-order valence-electron chi connectivity index (χ4n) is 2.90. The number of alkyl halides is 1. The van der Waals surface area contributed by atoms with Crippen molar-refractivity contribution in [2.45, 2.75) is 40.7 Å². The van der Waals surface area contributed by atoms with Crippen LogP contribution in [0.15, 0.2) is 16.7 Å². The number of halogens is 2. The average Bonchev–Trinajstić information content (AvgIpc) is 2.72. The van der Waals surface area contributed by atoms with Crippen LogP contribution in [0.3, 0.4) is 0 Å². The highest BCUT2D eigenvalue weighted by molar-refractivity contribution is 9.10. The van der Waals surface area contributed by atoms with E-state index in [9.17, 15) is 0 Å². The molecule has 0 aliphatic rings. The summed E-state index contributed by atoms with van der Waals surface area (Å²) in [4.78, 5) is 9.29. The molecule has 0 amide bonds. The summed E-state index contributed by atoms with van der Waals surface area (Å²) >= 11 is 9.41. The van der Waals surface area contributed by atoms with Crippen LogP contribution >= 0.6 is 27.5 Å². The van der Waals surface area contributed by atoms with Crippen LogP contribution in [0.2, 0.25) is 0 Å². The molecule has 2 rings (SSSR count). The lowest BCUT2D eigenvalue weighted by Crippen LogP contribution is -2.23. The summed E-state index contributed by atoms with van der Waals surface area (Å²) in [6, 6.07) is 2.02. The zero-order chi connectivity index (χ0) is 15.6. The molecule has 0 saturated heterocycles. The van der Waals surface area contributed by atoms with Gasteiger partial charge in [0.05, 0.1) is 0 Å². The minimum Gasteiger partial charge on any atom is -0.312 e. The van der Waals surface area contributed by atoms with Crippen molar-refractivity contribution >= 4 is 38.7 Å². The van der Waals surface area contributed by atoms with E-state index in [0.717, 1.165) is 34.4 Å². The maximum absolute atomic E-state index is 5.95. The van der Waals surface area contributed by atoms with Gasteiger partial charge in [0.2, 0.25) is 0 Å². The van der Waals surface area contributed by atoms with Crippen LogP contribution in [0.4, 0.5) is 0 Å². The third-order valence-electron chi connectivity index (χ3n) is 4.05. The monoisotopic (exact) mass is 371 g/mol. The molecule has 0 radical (unpaired) electrons. The Bertz CT molecular complexity index is 599. The van der Waals surface area contributed by atoms with E-state index in [2.05, 4.69) is 53.2 Å². The van der Waals surface area contributed by atoms with Crippen LogP contribution in [0.1, 0.15) is 33.5 Å². The van der Waals surface area contributed by atoms with Crippen molar-refractivity contribution in [2.24, 2.45) is 17.8 Å². The summed E-state index contributed by atoms with van der Waals surface area (Å²) in [5.74, 6) is 3.47. The second-order valence-corrected chi connectivity index (χ2v) is 7.52. The zero-order valence-electron chi connectivity index (χ0n) is 13.1. The molecule has 5 heteroatoms. The first-order chi connectivity index (χ1) is 9.93. The standard InChI is InChI=1S/C16H23BrClN3/c1-10(2)13(11(3)4)9-21-15(5-6-18)20-14-7-12(17)8-19-16(14)21/h7-8,10-11,13H,5-6,9H2,1-4H3. The summed E-state index contributed by atoms with van der Waals surface area (Å²) in [5, 5.41) is 0. The van der Waals surface area contributed by atoms with Gasteiger partial charge in [-0.25, -0.2) is 9.97 Å². The Hall–Kier alpha value is -0.610. The van der Waals surface area contributed by atoms with Crippen LogP contribution < -0.4 is 0 Å². The van der Waals surface area contributed by atoms with Gasteiger partial charge in [-0.1, -0.05) is 27.7 Å². The van der Waals surface area contributed by atoms with Crippen molar-refractivity contribution in [3.63, 3.8) is 0 Å². The fraction of sp³-hybridized carbons (Fsp3) is 0.625. The highest BCUT2D eigenvalue weighted by Gasteiger charge is 2.21. The van der Waals surface area contributed by atoms with Crippen molar-refractivity contribution in [3.8, 4) is 0 Å². The van der Waals surface area contributed by atoms with Crippen molar-refractivity contribution in [2.75, 3.05) is 5.88 Å². The summed E-state index contributed by atoms with van der Waals surface area (Å²) in [7, 11) is 0. The molecular formula is C16H23BrClN3. The molecule has 21 heavy (non-hydrogen) atoms. The number of aryl methyl sites for hydroxylation is 1. The number of hydrogen-bond donors (Lipinski definition) is 0. The summed E-state index contributed by atoms with van der Waals surface area (Å²) in [5.41, 5.74) is 1.90. The Morgan fingerprint density at radius 1 is 1.24 bits per heavy atom. The van der Waals surface area contributed by atoms with E-state index >= 15 is 0 Å². The minimum atomic E-state index is 0.582. The third kappa shape index (κ3) is 3.78. The molecule has 0 fully saturated rings. The molecule has 2 aromatic heterocycles. The number of hydrogen-bond acceptors (Lipinski definition) is 2. The number of pyridine rings is 1. The third-order valence-corrected chi connectivity index (χ3v) is 4.68. The van der Waals surface area contributed by atoms with Crippen LogP contribution in [-0.2, 0) is 13.0 Å². The minimum absolute atomic E-state index is 0.582. The molecule has 0 aliphatic heterocycles. The molecule has 0 N–H and O–H groups in total. The Morgan fingerprint density at radius 3 is 2.48 bits per heavy atom. The average molecular weight is 373 g/mol. The highest BCUT2D eigenvalue weighted by Crippen LogP contribution is 2.26. The number of aromatic nitrogens is 3. The van der Waals surface area contributed by atoms with E-state index in [1.165, 1.54) is 0 Å². The maximum Gasteiger partial charge on any atom is 0.160 e. The smallest absolute Gasteiger partial charge is 0.160 e. The van der Waals surface area contributed by atoms with Crippen LogP contribution in [0.25, 0.3) is 11.2 Å². The predicted octanol–water partition coefficient (Wildman–Crippen LogP) is 4.90. The number of fused-ring (bicyclic) bond motifs is 1. The Labute approximate surface area is 140 Å². The fourth-order valence-corrected chi connectivity index (χ4v) is 3.39. The lowest BCUT2D eigenvalue weighted by atomic mass is 9.85. The number of rotatable bonds is 6. The summed E-state index contributed by atoms with van der Waals surface area (Å²) in [6.45, 7) is 10.1. The number of imidazole rings is 1. The Balaban J connectivity index is 2.46. The quantitative estimate of drug-likeness (QED) is 0.675. The van der Waals surface area contributed by atoms with Gasteiger partial charge in [0.15, 0.2) is 5.65 Å². The summed E-state index contributed by atoms with van der Waals surface area (Å²) < 4.78 is 3.22. The molecular weight excluding hydrogens is 350 g/mol. The van der Waals surface area contributed by atoms with Crippen molar-refractivity contribution in [1.29, 1.82) is 0 Å². The molecule has 0 bridgehead atoms. The normalized spacial score (nSPS) is 12.2. The van der Waals surface area contributed by atoms with Gasteiger partial charge < -0.3 is 4.57 Å². The first-order valence-electron chi connectivity index (χ1n) is 7.50. The Kier molecular flexibility index (Phi) is 5.67. The first kappa shape index (κ1) is 16.8. The molecule has 116 valence electrons. The van der Waals surface area contributed by atoms with E-state index < -0.39 is 0 Å². The van der Waals surface area contributed by atoms with Gasteiger partial charge in [-0.3, -0.25) is 0 Å². The molecule has 0 aliphatic carbocycles. The molecule has 2 heterocycles. The highest BCUT2D eigenvalue weighted by atomic mass is 79.9. The van der Waals surface area contributed by atoms with Crippen LogP contribution in [0, 0.1) is 17.8 Å². The van der Waals surface area contributed by atoms with E-state index in [1.807, 2.05) is 12.3 Å². The van der Waals surface area contributed by atoms with Gasteiger partial charge in [0.1, 0.15) is 11.3 Å². The van der Waals surface area contributed by atoms with E-state index in [-0.39, 0.29) is 0 Å². The van der Waals surface area contributed by atoms with Crippen molar-refractivity contribution < 1.29 is 0 Å². The number of nitrogens with zero attached hydrogens (tertiary/aromatic N) is 3. The van der Waals surface area contributed by atoms with Gasteiger partial charge >= 0.3 is 0 Å². The van der Waals surface area contributed by atoms with Gasteiger partial charge in [0, 0.05) is 29.5 Å². The first-order valence-corrected chi connectivity index (χ1v) is 8.83. The second-order valence-electron chi connectivity index (χ2n) is 6.23. The largest absolute Gasteiger partial charge is 0.312 e. The predicted molar refractivity (Wildman–Crippen MR) is 92.8 cm³/mol. The molecule has 2 aromatic rings. The molecule has 0 spiro atoms. The summed E-state index contributed by atoms with van der Waals surface area (Å²) in [6.07, 6.45) is 2.61. The van der Waals surface area contributed by atoms with E-state index in [1.54, 1.807) is 0 Å². The lowest BCUT2D eigenvalue weighted by Gasteiger charge is -2.26.